The maximum Gasteiger partial charge on any atom is 0.228 e. The zero-order chi connectivity index (χ0) is 13.7. The second-order valence-electron chi connectivity index (χ2n) is 6.19. The van der Waals surface area contributed by atoms with Crippen LogP contribution in [-0.4, -0.2) is 51.2 Å². The van der Waals surface area contributed by atoms with Gasteiger partial charge < -0.3 is 15.0 Å². The quantitative estimate of drug-likeness (QED) is 0.796. The van der Waals surface area contributed by atoms with Gasteiger partial charge in [-0.1, -0.05) is 6.42 Å². The highest BCUT2D eigenvalue weighted by Crippen LogP contribution is 2.46. The summed E-state index contributed by atoms with van der Waals surface area (Å²) in [6.07, 6.45) is 6.61. The third-order valence-electron chi connectivity index (χ3n) is 4.85. The van der Waals surface area contributed by atoms with Crippen LogP contribution in [0.4, 0.5) is 0 Å². The molecular formula is C15H28N2O2. The van der Waals surface area contributed by atoms with Crippen LogP contribution in [0.5, 0.6) is 0 Å². The number of carbonyl (C=O) groups excluding carboxylic acids is 1. The Balaban J connectivity index is 1.93. The van der Waals surface area contributed by atoms with Gasteiger partial charge in [0.15, 0.2) is 0 Å². The van der Waals surface area contributed by atoms with E-state index in [0.29, 0.717) is 18.4 Å². The standard InChI is InChI=1S/C15H28N2O2/c1-16-11-13-5-3-9-17(12-13)14(18)15(6-4-7-15)8-10-19-2/h13,16H,3-12H2,1-2H3. The Morgan fingerprint density at radius 1 is 1.42 bits per heavy atom. The first-order chi connectivity index (χ1) is 9.22. The lowest BCUT2D eigenvalue weighted by atomic mass is 9.65. The number of amides is 1. The highest BCUT2D eigenvalue weighted by atomic mass is 16.5. The summed E-state index contributed by atoms with van der Waals surface area (Å²) in [5, 5.41) is 3.24. The first-order valence-corrected chi connectivity index (χ1v) is 7.65. The van der Waals surface area contributed by atoms with Crippen molar-refractivity contribution in [1.29, 1.82) is 0 Å². The number of carbonyl (C=O) groups is 1. The third kappa shape index (κ3) is 3.29. The molecule has 19 heavy (non-hydrogen) atoms. The van der Waals surface area contributed by atoms with Crippen molar-refractivity contribution in [2.24, 2.45) is 11.3 Å². The molecule has 0 aromatic carbocycles. The summed E-state index contributed by atoms with van der Waals surface area (Å²) < 4.78 is 5.19. The highest BCUT2D eigenvalue weighted by Gasteiger charge is 2.46. The van der Waals surface area contributed by atoms with Gasteiger partial charge >= 0.3 is 0 Å². The molecule has 2 aliphatic rings. The number of nitrogens with one attached hydrogen (secondary N) is 1. The minimum absolute atomic E-state index is 0.0858. The molecule has 0 spiro atoms. The average Bonchev–Trinajstić information content (AvgIpc) is 2.38. The summed E-state index contributed by atoms with van der Waals surface area (Å²) in [6, 6.07) is 0. The summed E-state index contributed by atoms with van der Waals surface area (Å²) >= 11 is 0. The molecule has 1 amide bonds. The van der Waals surface area contributed by atoms with E-state index in [1.165, 1.54) is 12.8 Å². The lowest BCUT2D eigenvalue weighted by Gasteiger charge is -2.45. The first kappa shape index (κ1) is 14.8. The molecule has 0 aromatic heterocycles. The number of rotatable bonds is 6. The van der Waals surface area contributed by atoms with Gasteiger partial charge in [-0.3, -0.25) is 4.79 Å². The number of methoxy groups -OCH3 is 1. The van der Waals surface area contributed by atoms with Crippen molar-refractivity contribution >= 4 is 5.91 Å². The minimum atomic E-state index is -0.0858. The van der Waals surface area contributed by atoms with Crippen LogP contribution >= 0.6 is 0 Å². The van der Waals surface area contributed by atoms with Crippen molar-refractivity contribution in [2.45, 2.75) is 38.5 Å². The zero-order valence-corrected chi connectivity index (χ0v) is 12.4. The summed E-state index contributed by atoms with van der Waals surface area (Å²) in [7, 11) is 3.72. The maximum absolute atomic E-state index is 12.8. The molecule has 1 aliphatic heterocycles. The molecule has 1 aliphatic carbocycles. The Morgan fingerprint density at radius 2 is 2.21 bits per heavy atom. The Hall–Kier alpha value is -0.610. The van der Waals surface area contributed by atoms with Crippen molar-refractivity contribution in [3.8, 4) is 0 Å². The third-order valence-corrected chi connectivity index (χ3v) is 4.85. The molecule has 4 heteroatoms. The van der Waals surface area contributed by atoms with Crippen LogP contribution in [0.2, 0.25) is 0 Å². The van der Waals surface area contributed by atoms with Gasteiger partial charge in [0, 0.05) is 26.8 Å². The fourth-order valence-corrected chi connectivity index (χ4v) is 3.51. The van der Waals surface area contributed by atoms with E-state index in [-0.39, 0.29) is 5.41 Å². The monoisotopic (exact) mass is 268 g/mol. The van der Waals surface area contributed by atoms with Crippen molar-refractivity contribution in [3.63, 3.8) is 0 Å². The molecular weight excluding hydrogens is 240 g/mol. The summed E-state index contributed by atoms with van der Waals surface area (Å²) in [5.74, 6) is 1.03. The molecule has 1 atom stereocenters. The Kier molecular flexibility index (Phi) is 5.22. The van der Waals surface area contributed by atoms with Gasteiger partial charge in [0.05, 0.1) is 5.41 Å². The van der Waals surface area contributed by atoms with Crippen LogP contribution in [0.25, 0.3) is 0 Å². The van der Waals surface area contributed by atoms with E-state index in [0.717, 1.165) is 45.3 Å². The van der Waals surface area contributed by atoms with Gasteiger partial charge in [-0.2, -0.15) is 0 Å². The van der Waals surface area contributed by atoms with Crippen LogP contribution in [0.3, 0.4) is 0 Å². The molecule has 2 rings (SSSR count). The second-order valence-corrected chi connectivity index (χ2v) is 6.19. The Bertz CT molecular complexity index is 301. The number of hydrogen-bond donors (Lipinski definition) is 1. The SMILES string of the molecule is CNCC1CCCN(C(=O)C2(CCOC)CCC2)C1. The lowest BCUT2D eigenvalue weighted by molar-refractivity contribution is -0.151. The van der Waals surface area contributed by atoms with E-state index >= 15 is 0 Å². The highest BCUT2D eigenvalue weighted by molar-refractivity contribution is 5.83. The molecule has 0 bridgehead atoms. The fourth-order valence-electron chi connectivity index (χ4n) is 3.51. The molecule has 0 radical (unpaired) electrons. The smallest absolute Gasteiger partial charge is 0.228 e. The molecule has 2 fully saturated rings. The predicted molar refractivity (Wildman–Crippen MR) is 76.0 cm³/mol. The number of ether oxygens (including phenoxy) is 1. The van der Waals surface area contributed by atoms with E-state index in [4.69, 9.17) is 4.74 Å². The van der Waals surface area contributed by atoms with Gasteiger partial charge in [-0.25, -0.2) is 0 Å². The van der Waals surface area contributed by atoms with Gasteiger partial charge in [0.25, 0.3) is 0 Å². The zero-order valence-electron chi connectivity index (χ0n) is 12.4. The molecule has 1 saturated heterocycles. The molecule has 1 N–H and O–H groups in total. The number of hydrogen-bond acceptors (Lipinski definition) is 3. The second kappa shape index (κ2) is 6.71. The van der Waals surface area contributed by atoms with Crippen LogP contribution in [-0.2, 0) is 9.53 Å². The topological polar surface area (TPSA) is 41.6 Å². The van der Waals surface area contributed by atoms with Crippen LogP contribution < -0.4 is 5.32 Å². The van der Waals surface area contributed by atoms with E-state index in [9.17, 15) is 4.79 Å². The summed E-state index contributed by atoms with van der Waals surface area (Å²) in [4.78, 5) is 14.9. The number of likely N-dealkylation sites (tertiary alicyclic amines) is 1. The van der Waals surface area contributed by atoms with E-state index in [1.807, 2.05) is 7.05 Å². The molecule has 110 valence electrons. The minimum Gasteiger partial charge on any atom is -0.385 e. The van der Waals surface area contributed by atoms with E-state index in [1.54, 1.807) is 7.11 Å². The molecule has 1 saturated carbocycles. The Labute approximate surface area is 116 Å². The summed E-state index contributed by atoms with van der Waals surface area (Å²) in [6.45, 7) is 3.62. The first-order valence-electron chi connectivity index (χ1n) is 7.65. The van der Waals surface area contributed by atoms with Gasteiger partial charge in [-0.15, -0.1) is 0 Å². The number of nitrogens with zero attached hydrogens (tertiary/aromatic N) is 1. The van der Waals surface area contributed by atoms with Gasteiger partial charge in [-0.05, 0) is 51.6 Å². The maximum atomic E-state index is 12.8. The molecule has 1 unspecified atom stereocenters. The molecule has 0 aromatic rings. The van der Waals surface area contributed by atoms with Crippen molar-refractivity contribution in [3.05, 3.63) is 0 Å². The van der Waals surface area contributed by atoms with Gasteiger partial charge in [0.1, 0.15) is 0 Å². The lowest BCUT2D eigenvalue weighted by Crippen LogP contribution is -2.52. The largest absolute Gasteiger partial charge is 0.385 e. The fraction of sp³-hybridized carbons (Fsp3) is 0.933. The molecule has 1 heterocycles. The molecule has 4 nitrogen and oxygen atoms in total. The van der Waals surface area contributed by atoms with Crippen LogP contribution in [0, 0.1) is 11.3 Å². The average molecular weight is 268 g/mol. The summed E-state index contributed by atoms with van der Waals surface area (Å²) in [5.41, 5.74) is -0.0858. The number of piperidine rings is 1. The van der Waals surface area contributed by atoms with Gasteiger partial charge in [0.2, 0.25) is 5.91 Å². The van der Waals surface area contributed by atoms with Crippen molar-refractivity contribution < 1.29 is 9.53 Å². The van der Waals surface area contributed by atoms with Crippen molar-refractivity contribution in [1.82, 2.24) is 10.2 Å². The van der Waals surface area contributed by atoms with Crippen LogP contribution in [0.1, 0.15) is 38.5 Å². The predicted octanol–water partition coefficient (Wildman–Crippen LogP) is 1.65. The normalized spacial score (nSPS) is 26.0. The van der Waals surface area contributed by atoms with E-state index < -0.39 is 0 Å². The van der Waals surface area contributed by atoms with Crippen molar-refractivity contribution in [2.75, 3.05) is 40.4 Å². The van der Waals surface area contributed by atoms with Crippen LogP contribution in [0.15, 0.2) is 0 Å². The Morgan fingerprint density at radius 3 is 2.79 bits per heavy atom. The van der Waals surface area contributed by atoms with E-state index in [2.05, 4.69) is 10.2 Å².